The van der Waals surface area contributed by atoms with Gasteiger partial charge in [0.25, 0.3) is 0 Å². The van der Waals surface area contributed by atoms with Crippen molar-refractivity contribution in [3.05, 3.63) is 34.9 Å². The number of halogens is 5. The van der Waals surface area contributed by atoms with E-state index >= 15 is 0 Å². The highest BCUT2D eigenvalue weighted by Gasteiger charge is 2.26. The number of rotatable bonds is 8. The van der Waals surface area contributed by atoms with Gasteiger partial charge in [0.15, 0.2) is 5.96 Å². The van der Waals surface area contributed by atoms with Crippen molar-refractivity contribution in [1.29, 1.82) is 0 Å². The van der Waals surface area contributed by atoms with E-state index in [4.69, 9.17) is 16.3 Å². The van der Waals surface area contributed by atoms with Gasteiger partial charge in [0, 0.05) is 18.1 Å². The average Bonchev–Trinajstić information content (AvgIpc) is 2.47. The van der Waals surface area contributed by atoms with E-state index in [0.717, 1.165) is 5.56 Å². The third-order valence-corrected chi connectivity index (χ3v) is 2.98. The molecular weight excluding hydrogens is 458 g/mol. The Balaban J connectivity index is 0.00000529. The van der Waals surface area contributed by atoms with E-state index in [1.54, 1.807) is 12.1 Å². The molecule has 9 heteroatoms. The molecule has 0 heterocycles. The van der Waals surface area contributed by atoms with E-state index in [-0.39, 0.29) is 30.5 Å². The maximum atomic E-state index is 12.1. The monoisotopic (exact) mass is 479 g/mol. The summed E-state index contributed by atoms with van der Waals surface area (Å²) in [5.41, 5.74) is 1.00. The van der Waals surface area contributed by atoms with E-state index in [2.05, 4.69) is 15.6 Å². The number of nitrogens with one attached hydrogen (secondary N) is 2. The van der Waals surface area contributed by atoms with Crippen molar-refractivity contribution in [2.24, 2.45) is 4.99 Å². The van der Waals surface area contributed by atoms with Crippen LogP contribution in [0.5, 0.6) is 0 Å². The quantitative estimate of drug-likeness (QED) is 0.257. The molecular formula is C15H22ClF3IN3O. The molecule has 0 unspecified atom stereocenters. The second kappa shape index (κ2) is 12.6. The van der Waals surface area contributed by atoms with Gasteiger partial charge in [-0.2, -0.15) is 13.2 Å². The Hall–Kier alpha value is -0.740. The first kappa shape index (κ1) is 23.3. The highest BCUT2D eigenvalue weighted by atomic mass is 127. The Morgan fingerprint density at radius 1 is 1.21 bits per heavy atom. The summed E-state index contributed by atoms with van der Waals surface area (Å²) in [5.74, 6) is 0.354. The summed E-state index contributed by atoms with van der Waals surface area (Å²) < 4.78 is 41.8. The lowest BCUT2D eigenvalue weighted by Crippen LogP contribution is -2.39. The lowest BCUT2D eigenvalue weighted by Gasteiger charge is -2.12. The third-order valence-electron chi connectivity index (χ3n) is 2.73. The van der Waals surface area contributed by atoms with E-state index < -0.39 is 12.6 Å². The molecule has 24 heavy (non-hydrogen) atoms. The predicted octanol–water partition coefficient (Wildman–Crippen LogP) is 3.98. The maximum absolute atomic E-state index is 12.1. The fourth-order valence-corrected chi connectivity index (χ4v) is 1.77. The third kappa shape index (κ3) is 11.7. The molecule has 0 bridgehead atoms. The highest BCUT2D eigenvalue weighted by Crippen LogP contribution is 2.18. The molecule has 1 aromatic carbocycles. The minimum absolute atomic E-state index is 0. The molecule has 0 radical (unpaired) electrons. The van der Waals surface area contributed by atoms with Gasteiger partial charge in [0.2, 0.25) is 0 Å². The predicted molar refractivity (Wildman–Crippen MR) is 101 cm³/mol. The van der Waals surface area contributed by atoms with E-state index in [1.807, 2.05) is 19.1 Å². The normalized spacial score (nSPS) is 11.8. The van der Waals surface area contributed by atoms with Crippen LogP contribution in [0.15, 0.2) is 29.3 Å². The molecule has 1 rings (SSSR count). The molecule has 0 saturated carbocycles. The van der Waals surface area contributed by atoms with Gasteiger partial charge in [-0.15, -0.1) is 24.0 Å². The molecule has 0 aromatic heterocycles. The van der Waals surface area contributed by atoms with Gasteiger partial charge in [-0.3, -0.25) is 4.99 Å². The van der Waals surface area contributed by atoms with Crippen molar-refractivity contribution in [3.63, 3.8) is 0 Å². The standard InChI is InChI=1S/C15H21ClF3N3O.HI/c1-2-20-14(21-8-7-15(17,18)19)22-9-10-23-11-12-3-5-13(16)6-4-12;/h3-6H,2,7-11H2,1H3,(H2,20,21,22);1H. The minimum atomic E-state index is -4.19. The number of hydrogen-bond acceptors (Lipinski definition) is 2. The molecule has 2 N–H and O–H groups in total. The van der Waals surface area contributed by atoms with Gasteiger partial charge < -0.3 is 15.4 Å². The number of benzene rings is 1. The van der Waals surface area contributed by atoms with Crippen molar-refractivity contribution < 1.29 is 17.9 Å². The van der Waals surface area contributed by atoms with Crippen LogP contribution in [0.2, 0.25) is 5.02 Å². The number of nitrogens with zero attached hydrogens (tertiary/aromatic N) is 1. The lowest BCUT2D eigenvalue weighted by molar-refractivity contribution is -0.132. The Labute approximate surface area is 162 Å². The number of aliphatic imine (C=N–C) groups is 1. The Kier molecular flexibility index (Phi) is 12.2. The fraction of sp³-hybridized carbons (Fsp3) is 0.533. The summed E-state index contributed by atoms with van der Waals surface area (Å²) in [5, 5.41) is 6.48. The maximum Gasteiger partial charge on any atom is 0.390 e. The minimum Gasteiger partial charge on any atom is -0.375 e. The molecule has 0 aliphatic heterocycles. The fourth-order valence-electron chi connectivity index (χ4n) is 1.65. The van der Waals surface area contributed by atoms with Crippen LogP contribution in [0.1, 0.15) is 18.9 Å². The van der Waals surface area contributed by atoms with Crippen LogP contribution in [-0.4, -0.2) is 38.4 Å². The number of ether oxygens (including phenoxy) is 1. The van der Waals surface area contributed by atoms with E-state index in [0.29, 0.717) is 37.3 Å². The zero-order valence-electron chi connectivity index (χ0n) is 13.3. The van der Waals surface area contributed by atoms with Gasteiger partial charge in [-0.1, -0.05) is 23.7 Å². The van der Waals surface area contributed by atoms with Gasteiger partial charge in [0.1, 0.15) is 0 Å². The van der Waals surface area contributed by atoms with Crippen LogP contribution in [-0.2, 0) is 11.3 Å². The first-order valence-corrected chi connectivity index (χ1v) is 7.69. The van der Waals surface area contributed by atoms with E-state index in [1.165, 1.54) is 0 Å². The van der Waals surface area contributed by atoms with Gasteiger partial charge in [-0.25, -0.2) is 0 Å². The van der Waals surface area contributed by atoms with Gasteiger partial charge >= 0.3 is 6.18 Å². The second-order valence-electron chi connectivity index (χ2n) is 4.73. The van der Waals surface area contributed by atoms with Crippen molar-refractivity contribution in [3.8, 4) is 0 Å². The summed E-state index contributed by atoms with van der Waals surface area (Å²) in [6, 6.07) is 7.32. The first-order valence-electron chi connectivity index (χ1n) is 7.32. The molecule has 0 aliphatic rings. The van der Waals surface area contributed by atoms with Crippen LogP contribution in [0.25, 0.3) is 0 Å². The van der Waals surface area contributed by atoms with E-state index in [9.17, 15) is 13.2 Å². The zero-order valence-corrected chi connectivity index (χ0v) is 16.4. The largest absolute Gasteiger partial charge is 0.390 e. The zero-order chi connectivity index (χ0) is 17.1. The Morgan fingerprint density at radius 3 is 2.46 bits per heavy atom. The average molecular weight is 480 g/mol. The molecule has 0 fully saturated rings. The van der Waals surface area contributed by atoms with Gasteiger partial charge in [0.05, 0.1) is 26.2 Å². The number of guanidine groups is 1. The summed E-state index contributed by atoms with van der Waals surface area (Å²) >= 11 is 5.79. The smallest absolute Gasteiger partial charge is 0.375 e. The lowest BCUT2D eigenvalue weighted by atomic mass is 10.2. The molecule has 0 atom stereocenters. The van der Waals surface area contributed by atoms with Crippen LogP contribution in [0.4, 0.5) is 13.2 Å². The Bertz CT molecular complexity index is 484. The second-order valence-corrected chi connectivity index (χ2v) is 5.17. The van der Waals surface area contributed by atoms with Crippen molar-refractivity contribution in [1.82, 2.24) is 10.6 Å². The topological polar surface area (TPSA) is 45.7 Å². The number of hydrogen-bond donors (Lipinski definition) is 2. The molecule has 0 spiro atoms. The van der Waals surface area contributed by atoms with Crippen molar-refractivity contribution in [2.45, 2.75) is 26.1 Å². The summed E-state index contributed by atoms with van der Waals surface area (Å²) in [6.45, 7) is 3.42. The molecule has 138 valence electrons. The van der Waals surface area contributed by atoms with Crippen molar-refractivity contribution in [2.75, 3.05) is 26.2 Å². The Morgan fingerprint density at radius 2 is 1.88 bits per heavy atom. The summed E-state index contributed by atoms with van der Waals surface area (Å²) in [7, 11) is 0. The van der Waals surface area contributed by atoms with Crippen LogP contribution < -0.4 is 10.6 Å². The molecule has 1 aromatic rings. The molecule has 4 nitrogen and oxygen atoms in total. The van der Waals surface area contributed by atoms with Crippen LogP contribution >= 0.6 is 35.6 Å². The first-order chi connectivity index (χ1) is 10.9. The van der Waals surface area contributed by atoms with Crippen LogP contribution in [0.3, 0.4) is 0 Å². The molecule has 0 amide bonds. The molecule has 0 saturated heterocycles. The van der Waals surface area contributed by atoms with Crippen molar-refractivity contribution >= 4 is 41.5 Å². The van der Waals surface area contributed by atoms with Gasteiger partial charge in [-0.05, 0) is 24.6 Å². The summed E-state index contributed by atoms with van der Waals surface area (Å²) in [6.07, 6.45) is -5.13. The SMILES string of the molecule is CCNC(=NCCC(F)(F)F)NCCOCc1ccc(Cl)cc1.I. The highest BCUT2D eigenvalue weighted by molar-refractivity contribution is 14.0. The summed E-state index contributed by atoms with van der Waals surface area (Å²) in [4.78, 5) is 3.87. The molecule has 0 aliphatic carbocycles. The van der Waals surface area contributed by atoms with Crippen LogP contribution in [0, 0.1) is 0 Å². The number of alkyl halides is 3.